The van der Waals surface area contributed by atoms with E-state index in [2.05, 4.69) is 38.9 Å². The van der Waals surface area contributed by atoms with Crippen LogP contribution in [0.1, 0.15) is 49.4 Å². The van der Waals surface area contributed by atoms with Gasteiger partial charge >= 0.3 is 17.9 Å². The van der Waals surface area contributed by atoms with Crippen LogP contribution in [-0.4, -0.2) is 54.4 Å². The molecule has 298 valence electrons. The second-order valence-corrected chi connectivity index (χ2v) is 14.0. The third-order valence-corrected chi connectivity index (χ3v) is 9.70. The fourth-order valence-electron chi connectivity index (χ4n) is 5.74. The molecular formula is C47H36N4O8S. The summed E-state index contributed by atoms with van der Waals surface area (Å²) >= 11 is 1.35. The minimum atomic E-state index is -0.623. The molecule has 7 rings (SSSR count). The molecule has 2 heterocycles. The SMILES string of the molecule is C=CC(=O)OCCCOc1ccc2cc(C(=O)Oc3ccc(C(=O)Oc4ccc(C#Cc5ccc(OC)cc5)cc4/C=N/Nc4nc5cccnc5s4)cc3C)ccc2c1. The van der Waals surface area contributed by atoms with Crippen molar-refractivity contribution >= 4 is 61.7 Å². The highest BCUT2D eigenvalue weighted by molar-refractivity contribution is 7.21. The van der Waals surface area contributed by atoms with Crippen molar-refractivity contribution in [1.82, 2.24) is 9.97 Å². The molecule has 0 bridgehead atoms. The molecule has 0 saturated carbocycles. The van der Waals surface area contributed by atoms with E-state index in [-0.39, 0.29) is 17.9 Å². The number of esters is 3. The molecule has 0 aliphatic carbocycles. The number of carbonyl (C=O) groups excluding carboxylic acids is 3. The Hall–Kier alpha value is -7.82. The lowest BCUT2D eigenvalue weighted by molar-refractivity contribution is -0.137. The number of hydrazone groups is 1. The molecule has 0 radical (unpaired) electrons. The fourth-order valence-corrected chi connectivity index (χ4v) is 6.50. The zero-order chi connectivity index (χ0) is 41.8. The monoisotopic (exact) mass is 816 g/mol. The Morgan fingerprint density at radius 2 is 1.50 bits per heavy atom. The van der Waals surface area contributed by atoms with E-state index in [0.717, 1.165) is 38.5 Å². The quantitative estimate of drug-likeness (QED) is 0.0213. The third-order valence-electron chi connectivity index (χ3n) is 8.81. The van der Waals surface area contributed by atoms with E-state index in [1.165, 1.54) is 23.6 Å². The maximum absolute atomic E-state index is 13.5. The van der Waals surface area contributed by atoms with Gasteiger partial charge in [-0.2, -0.15) is 5.10 Å². The van der Waals surface area contributed by atoms with Crippen molar-refractivity contribution in [3.63, 3.8) is 0 Å². The first kappa shape index (κ1) is 40.4. The summed E-state index contributed by atoms with van der Waals surface area (Å²) in [6, 6.07) is 31.7. The number of thiazole rings is 1. The molecule has 1 N–H and O–H groups in total. The number of methoxy groups -OCH3 is 1. The molecule has 7 aromatic rings. The molecule has 0 amide bonds. The van der Waals surface area contributed by atoms with Gasteiger partial charge in [0, 0.05) is 35.4 Å². The number of anilines is 1. The smallest absolute Gasteiger partial charge is 0.343 e. The molecule has 60 heavy (non-hydrogen) atoms. The van der Waals surface area contributed by atoms with Crippen LogP contribution in [-0.2, 0) is 9.53 Å². The molecule has 13 heteroatoms. The number of aromatic nitrogens is 2. The van der Waals surface area contributed by atoms with Crippen molar-refractivity contribution in [2.45, 2.75) is 13.3 Å². The van der Waals surface area contributed by atoms with Crippen molar-refractivity contribution in [3.05, 3.63) is 161 Å². The summed E-state index contributed by atoms with van der Waals surface area (Å²) in [6.07, 6.45) is 4.88. The highest BCUT2D eigenvalue weighted by Gasteiger charge is 2.17. The molecule has 2 aromatic heterocycles. The zero-order valence-electron chi connectivity index (χ0n) is 32.5. The molecule has 0 atom stereocenters. The molecule has 12 nitrogen and oxygen atoms in total. The number of ether oxygens (including phenoxy) is 5. The molecule has 0 saturated heterocycles. The first-order valence-corrected chi connectivity index (χ1v) is 19.4. The third kappa shape index (κ3) is 10.4. The van der Waals surface area contributed by atoms with Crippen molar-refractivity contribution < 1.29 is 38.1 Å². The summed E-state index contributed by atoms with van der Waals surface area (Å²) in [6.45, 7) is 5.70. The number of hydrogen-bond acceptors (Lipinski definition) is 13. The van der Waals surface area contributed by atoms with Gasteiger partial charge in [-0.25, -0.2) is 24.4 Å². The Morgan fingerprint density at radius 1 is 0.800 bits per heavy atom. The van der Waals surface area contributed by atoms with E-state index in [9.17, 15) is 14.4 Å². The Bertz CT molecular complexity index is 2790. The van der Waals surface area contributed by atoms with Gasteiger partial charge in [0.25, 0.3) is 0 Å². The predicted octanol–water partition coefficient (Wildman–Crippen LogP) is 8.94. The first-order chi connectivity index (χ1) is 29.2. The topological polar surface area (TPSA) is 148 Å². The second kappa shape index (κ2) is 19.1. The summed E-state index contributed by atoms with van der Waals surface area (Å²) in [7, 11) is 1.61. The predicted molar refractivity (Wildman–Crippen MR) is 230 cm³/mol. The van der Waals surface area contributed by atoms with E-state index < -0.39 is 17.9 Å². The fraction of sp³-hybridized carbons (Fsp3) is 0.106. The van der Waals surface area contributed by atoms with Crippen LogP contribution in [0, 0.1) is 18.8 Å². The number of fused-ring (bicyclic) bond motifs is 2. The summed E-state index contributed by atoms with van der Waals surface area (Å²) in [5.41, 5.74) is 6.80. The van der Waals surface area contributed by atoms with Crippen molar-refractivity contribution in [2.24, 2.45) is 5.10 Å². The van der Waals surface area contributed by atoms with Gasteiger partial charge in [-0.1, -0.05) is 41.9 Å². The summed E-state index contributed by atoms with van der Waals surface area (Å²) in [4.78, 5) is 47.5. The van der Waals surface area contributed by atoms with Gasteiger partial charge in [-0.05, 0) is 120 Å². The molecular weight excluding hydrogens is 781 g/mol. The zero-order valence-corrected chi connectivity index (χ0v) is 33.3. The number of rotatable bonds is 14. The summed E-state index contributed by atoms with van der Waals surface area (Å²) in [5, 5.41) is 6.60. The second-order valence-electron chi connectivity index (χ2n) is 13.0. The van der Waals surface area contributed by atoms with Crippen LogP contribution in [0.2, 0.25) is 0 Å². The van der Waals surface area contributed by atoms with Gasteiger partial charge in [-0.15, -0.1) is 0 Å². The van der Waals surface area contributed by atoms with Crippen LogP contribution in [0.25, 0.3) is 21.1 Å². The number of hydrogen-bond donors (Lipinski definition) is 1. The van der Waals surface area contributed by atoms with Crippen LogP contribution in [0.5, 0.6) is 23.0 Å². The Kier molecular flexibility index (Phi) is 12.8. The van der Waals surface area contributed by atoms with E-state index in [4.69, 9.17) is 23.7 Å². The van der Waals surface area contributed by atoms with Crippen LogP contribution >= 0.6 is 11.3 Å². The highest BCUT2D eigenvalue weighted by Crippen LogP contribution is 2.27. The van der Waals surface area contributed by atoms with E-state index in [0.29, 0.717) is 51.9 Å². The number of pyridine rings is 1. The number of benzene rings is 5. The number of aryl methyl sites for hydroxylation is 1. The normalized spacial score (nSPS) is 10.8. The van der Waals surface area contributed by atoms with Crippen LogP contribution in [0.4, 0.5) is 5.13 Å². The lowest BCUT2D eigenvalue weighted by Crippen LogP contribution is -2.12. The number of nitrogens with one attached hydrogen (secondary N) is 1. The first-order valence-electron chi connectivity index (χ1n) is 18.6. The maximum Gasteiger partial charge on any atom is 0.343 e. The molecule has 0 fully saturated rings. The molecule has 0 aliphatic heterocycles. The minimum absolute atomic E-state index is 0.232. The van der Waals surface area contributed by atoms with Crippen LogP contribution < -0.4 is 24.4 Å². The Morgan fingerprint density at radius 3 is 2.28 bits per heavy atom. The van der Waals surface area contributed by atoms with Crippen LogP contribution in [0.15, 0.2) is 133 Å². The molecule has 0 unspecified atom stereocenters. The Balaban J connectivity index is 1.02. The molecule has 0 aliphatic rings. The Labute approximate surface area is 349 Å². The van der Waals surface area contributed by atoms with E-state index in [1.54, 1.807) is 68.8 Å². The highest BCUT2D eigenvalue weighted by atomic mass is 32.1. The average Bonchev–Trinajstić information content (AvgIpc) is 3.69. The molecule has 5 aromatic carbocycles. The van der Waals surface area contributed by atoms with Gasteiger partial charge in [-0.3, -0.25) is 5.43 Å². The summed E-state index contributed by atoms with van der Waals surface area (Å²) < 4.78 is 27.6. The standard InChI is InChI=1S/C47H36N4O8S/c1-4-43(52)57-24-6-23-56-39-19-15-33-27-36(14-13-34(33)28-39)46(54)58-41-21-16-35(25-30(41)2)45(53)59-42-20-12-32(9-8-31-10-17-38(55-3)18-11-31)26-37(42)29-49-51-47-50-40-7-5-22-48-44(40)60-47/h4-5,7,10-22,25-29H,1,6,23-24H2,2-3H3,(H,50,51)/b49-29+. The average molecular weight is 817 g/mol. The van der Waals surface area contributed by atoms with Gasteiger partial charge in [0.2, 0.25) is 5.13 Å². The largest absolute Gasteiger partial charge is 0.497 e. The lowest BCUT2D eigenvalue weighted by atomic mass is 10.1. The van der Waals surface area contributed by atoms with Gasteiger partial charge in [0.15, 0.2) is 0 Å². The van der Waals surface area contributed by atoms with Crippen molar-refractivity contribution in [2.75, 3.05) is 25.7 Å². The lowest BCUT2D eigenvalue weighted by Gasteiger charge is -2.11. The molecule has 0 spiro atoms. The van der Waals surface area contributed by atoms with Crippen LogP contribution in [0.3, 0.4) is 0 Å². The van der Waals surface area contributed by atoms with Crippen molar-refractivity contribution in [3.8, 4) is 34.8 Å². The van der Waals surface area contributed by atoms with Gasteiger partial charge in [0.1, 0.15) is 33.3 Å². The summed E-state index contributed by atoms with van der Waals surface area (Å²) in [5.74, 6) is 6.56. The van der Waals surface area contributed by atoms with Gasteiger partial charge < -0.3 is 23.7 Å². The van der Waals surface area contributed by atoms with E-state index >= 15 is 0 Å². The number of nitrogens with zero attached hydrogens (tertiary/aromatic N) is 3. The van der Waals surface area contributed by atoms with Gasteiger partial charge in [0.05, 0.1) is 37.7 Å². The van der Waals surface area contributed by atoms with Crippen molar-refractivity contribution in [1.29, 1.82) is 0 Å². The number of carbonyl (C=O) groups is 3. The maximum atomic E-state index is 13.5. The van der Waals surface area contributed by atoms with E-state index in [1.807, 2.05) is 54.6 Å². The minimum Gasteiger partial charge on any atom is -0.497 e.